The van der Waals surface area contributed by atoms with Crippen molar-refractivity contribution in [3.63, 3.8) is 0 Å². The Labute approximate surface area is 149 Å². The molecule has 2 aliphatic heterocycles. The summed E-state index contributed by atoms with van der Waals surface area (Å²) in [5, 5.41) is 3.00. The summed E-state index contributed by atoms with van der Waals surface area (Å²) < 4.78 is 0. The molecule has 0 aliphatic carbocycles. The summed E-state index contributed by atoms with van der Waals surface area (Å²) in [6, 6.07) is 21.0. The quantitative estimate of drug-likeness (QED) is 0.908. The van der Waals surface area contributed by atoms with Crippen molar-refractivity contribution in [2.45, 2.75) is 18.9 Å². The molecule has 1 N–H and O–H groups in total. The third kappa shape index (κ3) is 3.69. The van der Waals surface area contributed by atoms with Gasteiger partial charge >= 0.3 is 6.03 Å². The van der Waals surface area contributed by atoms with Crippen LogP contribution in [0.1, 0.15) is 12.0 Å². The minimum absolute atomic E-state index is 0.0323. The minimum atomic E-state index is 0.0323. The van der Waals surface area contributed by atoms with E-state index in [9.17, 15) is 4.79 Å². The average Bonchev–Trinajstić information content (AvgIpc) is 2.98. The van der Waals surface area contributed by atoms with Gasteiger partial charge < -0.3 is 10.2 Å². The number of rotatable bonds is 5. The third-order valence-corrected chi connectivity index (χ3v) is 5.41. The topological polar surface area (TPSA) is 35.6 Å². The number of hydrogen-bond donors (Lipinski definition) is 1. The smallest absolute Gasteiger partial charge is 0.321 e. The molecule has 2 aromatic rings. The average molecular weight is 335 g/mol. The number of nitrogens with zero attached hydrogens (tertiary/aromatic N) is 2. The third-order valence-electron chi connectivity index (χ3n) is 5.41. The largest absolute Gasteiger partial charge is 0.323 e. The molecule has 2 aromatic carbocycles. The van der Waals surface area contributed by atoms with E-state index in [1.165, 1.54) is 12.0 Å². The molecular weight excluding hydrogens is 310 g/mol. The van der Waals surface area contributed by atoms with Gasteiger partial charge in [0.1, 0.15) is 0 Å². The molecule has 25 heavy (non-hydrogen) atoms. The molecule has 4 rings (SSSR count). The molecule has 2 fully saturated rings. The molecule has 2 aliphatic rings. The zero-order valence-corrected chi connectivity index (χ0v) is 14.5. The van der Waals surface area contributed by atoms with E-state index in [2.05, 4.69) is 40.5 Å². The van der Waals surface area contributed by atoms with Crippen molar-refractivity contribution in [3.8, 4) is 0 Å². The molecule has 0 bridgehead atoms. The van der Waals surface area contributed by atoms with Gasteiger partial charge in [0, 0.05) is 37.3 Å². The number of hydrogen-bond acceptors (Lipinski definition) is 2. The summed E-state index contributed by atoms with van der Waals surface area (Å²) in [5.74, 6) is 0.651. The molecule has 0 unspecified atom stereocenters. The molecule has 130 valence electrons. The highest BCUT2D eigenvalue weighted by atomic mass is 16.2. The second-order valence-electron chi connectivity index (χ2n) is 7.11. The Bertz CT molecular complexity index is 704. The number of carbonyl (C=O) groups is 1. The number of benzene rings is 2. The van der Waals surface area contributed by atoms with Crippen LogP contribution in [0.2, 0.25) is 0 Å². The highest BCUT2D eigenvalue weighted by molar-refractivity contribution is 5.89. The van der Waals surface area contributed by atoms with Crippen molar-refractivity contribution in [1.29, 1.82) is 0 Å². The van der Waals surface area contributed by atoms with E-state index in [-0.39, 0.29) is 6.03 Å². The Hall–Kier alpha value is -2.33. The van der Waals surface area contributed by atoms with Crippen molar-refractivity contribution >= 4 is 11.7 Å². The van der Waals surface area contributed by atoms with Crippen LogP contribution in [0.4, 0.5) is 10.5 Å². The van der Waals surface area contributed by atoms with Crippen molar-refractivity contribution in [3.05, 3.63) is 66.2 Å². The first-order chi connectivity index (χ1) is 12.3. The summed E-state index contributed by atoms with van der Waals surface area (Å²) in [6.07, 6.45) is 2.32. The van der Waals surface area contributed by atoms with Crippen LogP contribution in [0.5, 0.6) is 0 Å². The van der Waals surface area contributed by atoms with Crippen LogP contribution in [0.15, 0.2) is 60.7 Å². The Morgan fingerprint density at radius 2 is 1.68 bits per heavy atom. The standard InChI is InChI=1S/C21H25N3O/c25-21(22-19-11-5-2-6-12-19)24-15-18-14-23(20(18)16-24)13-7-10-17-8-3-1-4-9-17/h1-6,8-9,11-12,18,20H,7,10,13-16H2,(H,22,25)/t18-,20-/m1/s1. The fourth-order valence-electron chi connectivity index (χ4n) is 4.02. The fourth-order valence-corrected chi connectivity index (χ4v) is 4.02. The summed E-state index contributed by atoms with van der Waals surface area (Å²) >= 11 is 0. The molecule has 2 amide bonds. The second-order valence-corrected chi connectivity index (χ2v) is 7.11. The van der Waals surface area contributed by atoms with Crippen LogP contribution in [0.25, 0.3) is 0 Å². The van der Waals surface area contributed by atoms with Crippen LogP contribution in [0, 0.1) is 5.92 Å². The number of amides is 2. The molecule has 4 heteroatoms. The molecule has 0 radical (unpaired) electrons. The SMILES string of the molecule is O=C(Nc1ccccc1)N1C[C@H]2CN(CCCc3ccccc3)[C@@H]2C1. The zero-order valence-electron chi connectivity index (χ0n) is 14.5. The lowest BCUT2D eigenvalue weighted by molar-refractivity contribution is 0.0507. The molecule has 2 saturated heterocycles. The monoisotopic (exact) mass is 335 g/mol. The van der Waals surface area contributed by atoms with Crippen molar-refractivity contribution < 1.29 is 4.79 Å². The summed E-state index contributed by atoms with van der Waals surface area (Å²) in [4.78, 5) is 17.0. The van der Waals surface area contributed by atoms with Crippen molar-refractivity contribution in [1.82, 2.24) is 9.80 Å². The van der Waals surface area contributed by atoms with Crippen LogP contribution in [-0.2, 0) is 6.42 Å². The lowest BCUT2D eigenvalue weighted by atomic mass is 9.91. The van der Waals surface area contributed by atoms with Gasteiger partial charge in [0.25, 0.3) is 0 Å². The van der Waals surface area contributed by atoms with Gasteiger partial charge in [0.05, 0.1) is 0 Å². The van der Waals surface area contributed by atoms with Gasteiger partial charge in [-0.05, 0) is 37.1 Å². The second kappa shape index (κ2) is 7.28. The molecule has 0 saturated carbocycles. The molecule has 4 nitrogen and oxygen atoms in total. The Balaban J connectivity index is 1.23. The normalized spacial score (nSPS) is 22.3. The maximum Gasteiger partial charge on any atom is 0.321 e. The summed E-state index contributed by atoms with van der Waals surface area (Å²) in [7, 11) is 0. The Kier molecular flexibility index (Phi) is 4.70. The number of aryl methyl sites for hydroxylation is 1. The van der Waals surface area contributed by atoms with Gasteiger partial charge in [0.2, 0.25) is 0 Å². The highest BCUT2D eigenvalue weighted by Gasteiger charge is 2.46. The van der Waals surface area contributed by atoms with Gasteiger partial charge in [-0.15, -0.1) is 0 Å². The van der Waals surface area contributed by atoms with E-state index < -0.39 is 0 Å². The van der Waals surface area contributed by atoms with Crippen LogP contribution >= 0.6 is 0 Å². The zero-order chi connectivity index (χ0) is 17.1. The number of fused-ring (bicyclic) bond motifs is 1. The predicted molar refractivity (Wildman–Crippen MR) is 101 cm³/mol. The summed E-state index contributed by atoms with van der Waals surface area (Å²) in [5.41, 5.74) is 2.28. The first kappa shape index (κ1) is 16.2. The van der Waals surface area contributed by atoms with Crippen LogP contribution in [0.3, 0.4) is 0 Å². The number of anilines is 1. The van der Waals surface area contributed by atoms with Gasteiger partial charge in [-0.3, -0.25) is 4.90 Å². The maximum atomic E-state index is 12.4. The molecule has 2 heterocycles. The number of para-hydroxylation sites is 1. The Morgan fingerprint density at radius 3 is 2.44 bits per heavy atom. The lowest BCUT2D eigenvalue weighted by Gasteiger charge is -2.43. The molecular formula is C21H25N3O. The van der Waals surface area contributed by atoms with Gasteiger partial charge in [0.15, 0.2) is 0 Å². The number of nitrogens with one attached hydrogen (secondary N) is 1. The molecule has 0 aromatic heterocycles. The van der Waals surface area contributed by atoms with Gasteiger partial charge in [-0.1, -0.05) is 48.5 Å². The molecule has 2 atom stereocenters. The van der Waals surface area contributed by atoms with E-state index in [0.717, 1.165) is 38.3 Å². The van der Waals surface area contributed by atoms with Crippen LogP contribution < -0.4 is 5.32 Å². The first-order valence-electron chi connectivity index (χ1n) is 9.18. The number of urea groups is 1. The van der Waals surface area contributed by atoms with E-state index in [0.29, 0.717) is 12.0 Å². The Morgan fingerprint density at radius 1 is 0.960 bits per heavy atom. The van der Waals surface area contributed by atoms with Gasteiger partial charge in [-0.2, -0.15) is 0 Å². The summed E-state index contributed by atoms with van der Waals surface area (Å²) in [6.45, 7) is 4.01. The van der Waals surface area contributed by atoms with Crippen molar-refractivity contribution in [2.24, 2.45) is 5.92 Å². The predicted octanol–water partition coefficient (Wildman–Crippen LogP) is 3.47. The first-order valence-corrected chi connectivity index (χ1v) is 9.18. The van der Waals surface area contributed by atoms with Gasteiger partial charge in [-0.25, -0.2) is 4.79 Å². The van der Waals surface area contributed by atoms with Crippen molar-refractivity contribution in [2.75, 3.05) is 31.5 Å². The van der Waals surface area contributed by atoms with E-state index in [4.69, 9.17) is 0 Å². The van der Waals surface area contributed by atoms with E-state index >= 15 is 0 Å². The van der Waals surface area contributed by atoms with E-state index in [1.807, 2.05) is 35.2 Å². The lowest BCUT2D eigenvalue weighted by Crippen LogP contribution is -2.55. The maximum absolute atomic E-state index is 12.4. The van der Waals surface area contributed by atoms with Crippen LogP contribution in [-0.4, -0.2) is 48.1 Å². The van der Waals surface area contributed by atoms with E-state index in [1.54, 1.807) is 0 Å². The number of likely N-dealkylation sites (tertiary alicyclic amines) is 2. The highest BCUT2D eigenvalue weighted by Crippen LogP contribution is 2.32. The number of carbonyl (C=O) groups excluding carboxylic acids is 1. The minimum Gasteiger partial charge on any atom is -0.323 e. The fraction of sp³-hybridized carbons (Fsp3) is 0.381. The molecule has 0 spiro atoms.